The fourth-order valence-corrected chi connectivity index (χ4v) is 1.90. The van der Waals surface area contributed by atoms with Crippen LogP contribution in [0.4, 0.5) is 4.39 Å². The number of carbonyl (C=O) groups excluding carboxylic acids is 1. The minimum absolute atomic E-state index is 0.0387. The molecule has 0 unspecified atom stereocenters. The van der Waals surface area contributed by atoms with Gasteiger partial charge in [-0.1, -0.05) is 26.0 Å². The van der Waals surface area contributed by atoms with Crippen LogP contribution in [0.5, 0.6) is 0 Å². The molecule has 1 aromatic carbocycles. The first-order valence-corrected chi connectivity index (χ1v) is 6.64. The van der Waals surface area contributed by atoms with Crippen molar-refractivity contribution >= 4 is 5.91 Å². The SMILES string of the molecule is CC(C)(CCCN)CNC(=O)Cc1cccc(F)c1. The maximum atomic E-state index is 13.0. The molecule has 0 atom stereocenters. The highest BCUT2D eigenvalue weighted by Gasteiger charge is 2.18. The standard InChI is InChI=1S/C15H23FN2O/c1-15(2,7-4-8-17)11-18-14(19)10-12-5-3-6-13(16)9-12/h3,5-6,9H,4,7-8,10-11,17H2,1-2H3,(H,18,19). The summed E-state index contributed by atoms with van der Waals surface area (Å²) in [5.74, 6) is -0.389. The Kier molecular flexibility index (Phi) is 5.96. The minimum atomic E-state index is -0.312. The molecule has 19 heavy (non-hydrogen) atoms. The zero-order valence-electron chi connectivity index (χ0n) is 11.7. The maximum Gasteiger partial charge on any atom is 0.224 e. The Balaban J connectivity index is 2.39. The van der Waals surface area contributed by atoms with Crippen molar-refractivity contribution in [3.8, 4) is 0 Å². The molecule has 0 spiro atoms. The lowest BCUT2D eigenvalue weighted by molar-refractivity contribution is -0.120. The molecule has 106 valence electrons. The van der Waals surface area contributed by atoms with Crippen molar-refractivity contribution < 1.29 is 9.18 Å². The van der Waals surface area contributed by atoms with Crippen LogP contribution in [0.25, 0.3) is 0 Å². The van der Waals surface area contributed by atoms with Gasteiger partial charge in [-0.15, -0.1) is 0 Å². The third-order valence-electron chi connectivity index (χ3n) is 3.08. The van der Waals surface area contributed by atoms with Crippen LogP contribution >= 0.6 is 0 Å². The summed E-state index contributed by atoms with van der Waals surface area (Å²) < 4.78 is 13.0. The van der Waals surface area contributed by atoms with E-state index in [4.69, 9.17) is 5.73 Å². The minimum Gasteiger partial charge on any atom is -0.355 e. The van der Waals surface area contributed by atoms with Gasteiger partial charge in [0.25, 0.3) is 0 Å². The molecule has 3 nitrogen and oxygen atoms in total. The van der Waals surface area contributed by atoms with Crippen LogP contribution in [0.3, 0.4) is 0 Å². The van der Waals surface area contributed by atoms with Gasteiger partial charge in [0.15, 0.2) is 0 Å². The van der Waals surface area contributed by atoms with Crippen LogP contribution in [0.15, 0.2) is 24.3 Å². The van der Waals surface area contributed by atoms with Gasteiger partial charge < -0.3 is 11.1 Å². The summed E-state index contributed by atoms with van der Waals surface area (Å²) in [6.45, 7) is 5.48. The van der Waals surface area contributed by atoms with Gasteiger partial charge in [0.1, 0.15) is 5.82 Å². The third-order valence-corrected chi connectivity index (χ3v) is 3.08. The molecule has 1 amide bonds. The van der Waals surface area contributed by atoms with E-state index in [2.05, 4.69) is 19.2 Å². The molecule has 4 heteroatoms. The fraction of sp³-hybridized carbons (Fsp3) is 0.533. The predicted octanol–water partition coefficient (Wildman–Crippen LogP) is 2.25. The van der Waals surface area contributed by atoms with Crippen LogP contribution in [-0.2, 0) is 11.2 Å². The second-order valence-electron chi connectivity index (χ2n) is 5.64. The van der Waals surface area contributed by atoms with Gasteiger partial charge in [0.05, 0.1) is 6.42 Å². The maximum absolute atomic E-state index is 13.0. The van der Waals surface area contributed by atoms with Crippen molar-refractivity contribution in [2.75, 3.05) is 13.1 Å². The number of hydrogen-bond donors (Lipinski definition) is 2. The highest BCUT2D eigenvalue weighted by molar-refractivity contribution is 5.78. The van der Waals surface area contributed by atoms with Gasteiger partial charge in [-0.3, -0.25) is 4.79 Å². The number of rotatable bonds is 7. The molecule has 0 radical (unpaired) electrons. The molecule has 0 saturated carbocycles. The summed E-state index contributed by atoms with van der Waals surface area (Å²) in [5.41, 5.74) is 6.22. The molecule has 0 aliphatic carbocycles. The first kappa shape index (κ1) is 15.6. The second kappa shape index (κ2) is 7.24. The second-order valence-corrected chi connectivity index (χ2v) is 5.64. The van der Waals surface area contributed by atoms with Crippen molar-refractivity contribution in [2.45, 2.75) is 33.1 Å². The predicted molar refractivity (Wildman–Crippen MR) is 75.2 cm³/mol. The summed E-state index contributed by atoms with van der Waals surface area (Å²) in [7, 11) is 0. The lowest BCUT2D eigenvalue weighted by Crippen LogP contribution is -2.35. The zero-order valence-corrected chi connectivity index (χ0v) is 11.7. The van der Waals surface area contributed by atoms with Crippen LogP contribution in [0.1, 0.15) is 32.3 Å². The van der Waals surface area contributed by atoms with E-state index in [-0.39, 0.29) is 23.6 Å². The Hall–Kier alpha value is -1.42. The van der Waals surface area contributed by atoms with Crippen molar-refractivity contribution in [2.24, 2.45) is 11.1 Å². The molecule has 0 fully saturated rings. The van der Waals surface area contributed by atoms with Crippen LogP contribution in [0, 0.1) is 11.2 Å². The average molecular weight is 266 g/mol. The van der Waals surface area contributed by atoms with E-state index in [1.807, 2.05) is 0 Å². The van der Waals surface area contributed by atoms with Gasteiger partial charge in [-0.25, -0.2) is 4.39 Å². The van der Waals surface area contributed by atoms with E-state index < -0.39 is 0 Å². The number of amides is 1. The summed E-state index contributed by atoms with van der Waals surface area (Å²) in [6.07, 6.45) is 2.14. The van der Waals surface area contributed by atoms with E-state index in [1.54, 1.807) is 12.1 Å². The van der Waals surface area contributed by atoms with Crippen molar-refractivity contribution in [3.05, 3.63) is 35.6 Å². The lowest BCUT2D eigenvalue weighted by atomic mass is 9.87. The monoisotopic (exact) mass is 266 g/mol. The zero-order chi connectivity index (χ0) is 14.3. The number of hydrogen-bond acceptors (Lipinski definition) is 2. The third kappa shape index (κ3) is 6.34. The fourth-order valence-electron chi connectivity index (χ4n) is 1.90. The Morgan fingerprint density at radius 1 is 1.42 bits per heavy atom. The highest BCUT2D eigenvalue weighted by Crippen LogP contribution is 2.20. The van der Waals surface area contributed by atoms with Crippen molar-refractivity contribution in [3.63, 3.8) is 0 Å². The normalized spacial score (nSPS) is 11.4. The molecular weight excluding hydrogens is 243 g/mol. The number of carbonyl (C=O) groups is 1. The lowest BCUT2D eigenvalue weighted by Gasteiger charge is -2.24. The van der Waals surface area contributed by atoms with Crippen LogP contribution < -0.4 is 11.1 Å². The molecular formula is C15H23FN2O. The van der Waals surface area contributed by atoms with Gasteiger partial charge in [-0.2, -0.15) is 0 Å². The van der Waals surface area contributed by atoms with E-state index in [9.17, 15) is 9.18 Å². The number of nitrogens with one attached hydrogen (secondary N) is 1. The molecule has 0 heterocycles. The first-order valence-electron chi connectivity index (χ1n) is 6.64. The molecule has 0 aliphatic heterocycles. The first-order chi connectivity index (χ1) is 8.93. The smallest absolute Gasteiger partial charge is 0.224 e. The van der Waals surface area contributed by atoms with Gasteiger partial charge in [0, 0.05) is 6.54 Å². The molecule has 0 bridgehead atoms. The van der Waals surface area contributed by atoms with Crippen LogP contribution in [0.2, 0.25) is 0 Å². The van der Waals surface area contributed by atoms with Gasteiger partial charge >= 0.3 is 0 Å². The average Bonchev–Trinajstić information content (AvgIpc) is 2.34. The van der Waals surface area contributed by atoms with Gasteiger partial charge in [-0.05, 0) is 42.5 Å². The summed E-state index contributed by atoms with van der Waals surface area (Å²) in [6, 6.07) is 6.13. The van der Waals surface area contributed by atoms with E-state index in [0.717, 1.165) is 12.8 Å². The summed E-state index contributed by atoms with van der Waals surface area (Å²) in [4.78, 5) is 11.8. The van der Waals surface area contributed by atoms with Crippen molar-refractivity contribution in [1.29, 1.82) is 0 Å². The molecule has 1 rings (SSSR count). The quantitative estimate of drug-likeness (QED) is 0.795. The van der Waals surface area contributed by atoms with Crippen molar-refractivity contribution in [1.82, 2.24) is 5.32 Å². The largest absolute Gasteiger partial charge is 0.355 e. The van der Waals surface area contributed by atoms with E-state index >= 15 is 0 Å². The number of nitrogens with two attached hydrogens (primary N) is 1. The summed E-state index contributed by atoms with van der Waals surface area (Å²) in [5, 5.41) is 2.90. The Morgan fingerprint density at radius 2 is 2.16 bits per heavy atom. The molecule has 3 N–H and O–H groups in total. The topological polar surface area (TPSA) is 55.1 Å². The summed E-state index contributed by atoms with van der Waals surface area (Å²) >= 11 is 0. The number of benzene rings is 1. The number of halogens is 1. The Labute approximate surface area is 114 Å². The molecule has 0 saturated heterocycles. The van der Waals surface area contributed by atoms with E-state index in [0.29, 0.717) is 18.7 Å². The van der Waals surface area contributed by atoms with Gasteiger partial charge in [0.2, 0.25) is 5.91 Å². The highest BCUT2D eigenvalue weighted by atomic mass is 19.1. The Morgan fingerprint density at radius 3 is 2.79 bits per heavy atom. The van der Waals surface area contributed by atoms with E-state index in [1.165, 1.54) is 12.1 Å². The molecule has 0 aliphatic rings. The Bertz CT molecular complexity index is 418. The molecule has 1 aromatic rings. The molecule has 0 aromatic heterocycles. The van der Waals surface area contributed by atoms with Crippen LogP contribution in [-0.4, -0.2) is 19.0 Å².